The molecule has 2 N–H and O–H groups in total. The molecule has 4 rings (SSSR count). The number of hydrogen-bond acceptors (Lipinski definition) is 7. The molecule has 0 aliphatic carbocycles. The van der Waals surface area contributed by atoms with Gasteiger partial charge in [-0.05, 0) is 94.2 Å². The van der Waals surface area contributed by atoms with E-state index in [2.05, 4.69) is 32.7 Å². The number of pyridine rings is 1. The number of hydrogen-bond donors (Lipinski definition) is 2. The summed E-state index contributed by atoms with van der Waals surface area (Å²) in [6.07, 6.45) is 5.38. The molecule has 3 amide bonds. The second-order valence-electron chi connectivity index (χ2n) is 11.9. The molecule has 9 nitrogen and oxygen atoms in total. The minimum atomic E-state index is -0.617. The van der Waals surface area contributed by atoms with Crippen LogP contribution in [0.1, 0.15) is 67.2 Å². The molecule has 10 heteroatoms. The van der Waals surface area contributed by atoms with Crippen LogP contribution in [0.4, 0.5) is 15.3 Å². The van der Waals surface area contributed by atoms with E-state index in [4.69, 9.17) is 4.74 Å². The van der Waals surface area contributed by atoms with Crippen molar-refractivity contribution < 1.29 is 19.1 Å². The Labute approximate surface area is 258 Å². The molecule has 0 atom stereocenters. The highest BCUT2D eigenvalue weighted by molar-refractivity contribution is 7.08. The van der Waals surface area contributed by atoms with Crippen LogP contribution < -0.4 is 10.6 Å². The number of ether oxygens (including phenoxy) is 1. The third kappa shape index (κ3) is 10.8. The monoisotopic (exact) mass is 605 g/mol. The number of likely N-dealkylation sites (tertiary alicyclic amines) is 1. The largest absolute Gasteiger partial charge is 0.444 e. The second-order valence-corrected chi connectivity index (χ2v) is 12.6. The van der Waals surface area contributed by atoms with E-state index in [1.165, 1.54) is 29.7 Å². The van der Waals surface area contributed by atoms with Crippen LogP contribution in [-0.2, 0) is 24.1 Å². The van der Waals surface area contributed by atoms with Crippen LogP contribution in [0.3, 0.4) is 0 Å². The first kappa shape index (κ1) is 32.2. The number of Topliss-reactive ketones (excluding diaryl/α,β-unsaturated/α-hetero) is 1. The standard InChI is InChI=1S/C33H43N5O4S/c1-33(2,3)42-32(41)36-29-24-43-23-27(29)20-30(39)28-13-12-26(21-35-28)22-38(19-9-18-37-16-7-8-17-37)31(40)34-15-14-25-10-5-4-6-11-25/h4-6,10-13,21,23-24H,7-9,14-20,22H2,1-3H3,(H,34,40)(H,36,41). The molecule has 0 saturated carbocycles. The average molecular weight is 606 g/mol. The molecular weight excluding hydrogens is 562 g/mol. The Morgan fingerprint density at radius 3 is 2.49 bits per heavy atom. The van der Waals surface area contributed by atoms with Crippen LogP contribution in [-0.4, -0.2) is 71.0 Å². The number of carbonyl (C=O) groups excluding carboxylic acids is 3. The lowest BCUT2D eigenvalue weighted by atomic mass is 10.1. The van der Waals surface area contributed by atoms with Gasteiger partial charge in [0.1, 0.15) is 11.3 Å². The zero-order chi connectivity index (χ0) is 30.7. The number of anilines is 1. The van der Waals surface area contributed by atoms with Crippen LogP contribution in [0, 0.1) is 0 Å². The molecular formula is C33H43N5O4S. The third-order valence-electron chi connectivity index (χ3n) is 7.13. The molecule has 1 aromatic carbocycles. The summed E-state index contributed by atoms with van der Waals surface area (Å²) in [5.74, 6) is -0.154. The van der Waals surface area contributed by atoms with Crippen molar-refractivity contribution in [2.24, 2.45) is 0 Å². The van der Waals surface area contributed by atoms with Gasteiger partial charge < -0.3 is 19.9 Å². The first-order valence-electron chi connectivity index (χ1n) is 15.0. The van der Waals surface area contributed by atoms with Gasteiger partial charge in [-0.3, -0.25) is 15.1 Å². The van der Waals surface area contributed by atoms with Crippen molar-refractivity contribution >= 4 is 34.9 Å². The summed E-state index contributed by atoms with van der Waals surface area (Å²) in [5.41, 5.74) is 3.04. The van der Waals surface area contributed by atoms with Crippen LogP contribution in [0.2, 0.25) is 0 Å². The Bertz CT molecular complexity index is 1330. The lowest BCUT2D eigenvalue weighted by Gasteiger charge is -2.24. The van der Waals surface area contributed by atoms with Crippen LogP contribution >= 0.6 is 11.3 Å². The van der Waals surface area contributed by atoms with E-state index in [0.29, 0.717) is 36.6 Å². The van der Waals surface area contributed by atoms with Gasteiger partial charge in [-0.25, -0.2) is 9.59 Å². The van der Waals surface area contributed by atoms with Crippen molar-refractivity contribution in [3.05, 3.63) is 81.8 Å². The maximum Gasteiger partial charge on any atom is 0.412 e. The molecule has 43 heavy (non-hydrogen) atoms. The van der Waals surface area contributed by atoms with Crippen LogP contribution in [0.15, 0.2) is 59.4 Å². The number of nitrogens with one attached hydrogen (secondary N) is 2. The molecule has 3 aromatic rings. The van der Waals surface area contributed by atoms with Crippen molar-refractivity contribution in [2.45, 2.75) is 65.0 Å². The molecule has 1 aliphatic heterocycles. The van der Waals surface area contributed by atoms with Gasteiger partial charge in [0.25, 0.3) is 0 Å². The fraction of sp³-hybridized carbons (Fsp3) is 0.455. The van der Waals surface area contributed by atoms with Gasteiger partial charge in [0.15, 0.2) is 5.78 Å². The minimum Gasteiger partial charge on any atom is -0.444 e. The van der Waals surface area contributed by atoms with Gasteiger partial charge in [-0.1, -0.05) is 36.4 Å². The summed E-state index contributed by atoms with van der Waals surface area (Å²) in [5, 5.41) is 9.44. The summed E-state index contributed by atoms with van der Waals surface area (Å²) in [6, 6.07) is 13.6. The van der Waals surface area contributed by atoms with Crippen molar-refractivity contribution in [1.29, 1.82) is 0 Å². The summed E-state index contributed by atoms with van der Waals surface area (Å²) < 4.78 is 5.33. The van der Waals surface area contributed by atoms with Gasteiger partial charge in [0.05, 0.1) is 5.69 Å². The molecule has 0 bridgehead atoms. The summed E-state index contributed by atoms with van der Waals surface area (Å²) in [6.45, 7) is 10.2. The Kier molecular flexibility index (Phi) is 11.7. The Morgan fingerprint density at radius 2 is 1.79 bits per heavy atom. The maximum atomic E-state index is 13.2. The van der Waals surface area contributed by atoms with E-state index in [0.717, 1.165) is 38.0 Å². The zero-order valence-corrected chi connectivity index (χ0v) is 26.3. The highest BCUT2D eigenvalue weighted by Crippen LogP contribution is 2.23. The first-order valence-corrected chi connectivity index (χ1v) is 15.9. The van der Waals surface area contributed by atoms with Gasteiger partial charge >= 0.3 is 12.1 Å². The minimum absolute atomic E-state index is 0.0972. The normalized spacial score (nSPS) is 13.5. The SMILES string of the molecule is CC(C)(C)OC(=O)Nc1cscc1CC(=O)c1ccc(CN(CCCN2CCCC2)C(=O)NCCc2ccccc2)cn1. The highest BCUT2D eigenvalue weighted by Gasteiger charge is 2.20. The Morgan fingerprint density at radius 1 is 1.02 bits per heavy atom. The van der Waals surface area contributed by atoms with E-state index in [9.17, 15) is 14.4 Å². The van der Waals surface area contributed by atoms with E-state index in [1.807, 2.05) is 34.5 Å². The van der Waals surface area contributed by atoms with Crippen molar-refractivity contribution in [3.63, 3.8) is 0 Å². The van der Waals surface area contributed by atoms with Crippen molar-refractivity contribution in [2.75, 3.05) is 38.0 Å². The Hall–Kier alpha value is -3.76. The lowest BCUT2D eigenvalue weighted by molar-refractivity contribution is 0.0635. The van der Waals surface area contributed by atoms with E-state index in [1.54, 1.807) is 38.4 Å². The van der Waals surface area contributed by atoms with Gasteiger partial charge in [0, 0.05) is 37.6 Å². The highest BCUT2D eigenvalue weighted by atomic mass is 32.1. The quantitative estimate of drug-likeness (QED) is 0.226. The molecule has 1 saturated heterocycles. The topological polar surface area (TPSA) is 104 Å². The maximum absolute atomic E-state index is 13.2. The van der Waals surface area contributed by atoms with Crippen molar-refractivity contribution in [3.8, 4) is 0 Å². The number of rotatable bonds is 13. The molecule has 230 valence electrons. The molecule has 1 fully saturated rings. The van der Waals surface area contributed by atoms with Gasteiger partial charge in [-0.2, -0.15) is 0 Å². The van der Waals surface area contributed by atoms with E-state index >= 15 is 0 Å². The fourth-order valence-electron chi connectivity index (χ4n) is 4.96. The number of benzene rings is 1. The van der Waals surface area contributed by atoms with Crippen LogP contribution in [0.5, 0.6) is 0 Å². The predicted molar refractivity (Wildman–Crippen MR) is 171 cm³/mol. The molecule has 1 aliphatic rings. The Balaban J connectivity index is 1.33. The van der Waals surface area contributed by atoms with E-state index in [-0.39, 0.29) is 18.2 Å². The first-order chi connectivity index (χ1) is 20.7. The number of urea groups is 1. The van der Waals surface area contributed by atoms with Crippen molar-refractivity contribution in [1.82, 2.24) is 20.1 Å². The number of aromatic nitrogens is 1. The second kappa shape index (κ2) is 15.6. The average Bonchev–Trinajstić information content (AvgIpc) is 3.64. The smallest absolute Gasteiger partial charge is 0.412 e. The number of nitrogens with zero attached hydrogens (tertiary/aromatic N) is 3. The number of carbonyl (C=O) groups is 3. The number of thiophene rings is 1. The number of amides is 3. The predicted octanol–water partition coefficient (Wildman–Crippen LogP) is 6.16. The fourth-order valence-corrected chi connectivity index (χ4v) is 5.75. The molecule has 0 radical (unpaired) electrons. The van der Waals surface area contributed by atoms with Gasteiger partial charge in [0.2, 0.25) is 0 Å². The van der Waals surface area contributed by atoms with Gasteiger partial charge in [-0.15, -0.1) is 11.3 Å². The summed E-state index contributed by atoms with van der Waals surface area (Å²) in [4.78, 5) is 47.2. The molecule has 0 spiro atoms. The zero-order valence-electron chi connectivity index (χ0n) is 25.4. The number of ketones is 1. The molecule has 3 heterocycles. The van der Waals surface area contributed by atoms with Crippen LogP contribution in [0.25, 0.3) is 0 Å². The lowest BCUT2D eigenvalue weighted by Crippen LogP contribution is -2.41. The molecule has 2 aromatic heterocycles. The molecule has 0 unspecified atom stereocenters. The van der Waals surface area contributed by atoms with E-state index < -0.39 is 11.7 Å². The summed E-state index contributed by atoms with van der Waals surface area (Å²) >= 11 is 1.40. The third-order valence-corrected chi connectivity index (χ3v) is 7.93. The summed E-state index contributed by atoms with van der Waals surface area (Å²) in [7, 11) is 0.